The Labute approximate surface area is 239 Å². The van der Waals surface area contributed by atoms with Gasteiger partial charge in [0.05, 0.1) is 12.8 Å². The van der Waals surface area contributed by atoms with Gasteiger partial charge in [-0.2, -0.15) is 4.99 Å². The summed E-state index contributed by atoms with van der Waals surface area (Å²) in [6.45, 7) is 7.38. The lowest BCUT2D eigenvalue weighted by molar-refractivity contribution is -0.134. The molecule has 1 aliphatic carbocycles. The van der Waals surface area contributed by atoms with E-state index in [0.29, 0.717) is 29.5 Å². The maximum Gasteiger partial charge on any atom is 0.280 e. The van der Waals surface area contributed by atoms with Gasteiger partial charge in [0.1, 0.15) is 0 Å². The van der Waals surface area contributed by atoms with Crippen LogP contribution >= 0.6 is 22.9 Å². The smallest absolute Gasteiger partial charge is 0.280 e. The molecule has 0 aliphatic heterocycles. The lowest BCUT2D eigenvalue weighted by Gasteiger charge is -2.41. The van der Waals surface area contributed by atoms with Crippen molar-refractivity contribution >= 4 is 57.1 Å². The molecule has 7 nitrogen and oxygen atoms in total. The molecule has 3 aromatic rings. The van der Waals surface area contributed by atoms with E-state index < -0.39 is 5.91 Å². The van der Waals surface area contributed by atoms with Gasteiger partial charge in [0.2, 0.25) is 11.9 Å². The first-order valence-corrected chi connectivity index (χ1v) is 14.5. The minimum absolute atomic E-state index is 0.103. The van der Waals surface area contributed by atoms with E-state index in [0.717, 1.165) is 53.2 Å². The van der Waals surface area contributed by atoms with E-state index in [-0.39, 0.29) is 23.3 Å². The predicted octanol–water partition coefficient (Wildman–Crippen LogP) is 6.17. The van der Waals surface area contributed by atoms with Crippen LogP contribution in [-0.4, -0.2) is 35.1 Å². The minimum atomic E-state index is -0.499. The van der Waals surface area contributed by atoms with Crippen LogP contribution in [0.4, 0.5) is 0 Å². The molecular weight excluding hydrogens is 530 g/mol. The standard InChI is InChI=1S/C30H36ClN5O2S/c1-30(2,3)22-8-11-24(12-9-22)36(27(37)14-21-17-39-26-13-10-23(31)15-25(21)26)16-19-4-6-20(7-5-19)28(38)35-29(33)34-18-32/h4-7,10,13,15,17-18,22,24H,8-9,11-12,14,16H2,1-3H3,(H4,32,33,34,35,38). The summed E-state index contributed by atoms with van der Waals surface area (Å²) in [4.78, 5) is 35.6. The van der Waals surface area contributed by atoms with Gasteiger partial charge in [0.25, 0.3) is 5.91 Å². The van der Waals surface area contributed by atoms with Crippen molar-refractivity contribution in [2.45, 2.75) is 65.5 Å². The van der Waals surface area contributed by atoms with Crippen LogP contribution in [0.15, 0.2) is 57.8 Å². The highest BCUT2D eigenvalue weighted by atomic mass is 35.5. The molecule has 1 aliphatic rings. The number of fused-ring (bicyclic) bond motifs is 1. The first kappa shape index (κ1) is 28.8. The molecule has 0 bridgehead atoms. The van der Waals surface area contributed by atoms with Crippen LogP contribution < -0.4 is 11.5 Å². The van der Waals surface area contributed by atoms with Gasteiger partial charge in [-0.1, -0.05) is 44.5 Å². The van der Waals surface area contributed by atoms with Gasteiger partial charge in [-0.15, -0.1) is 11.3 Å². The van der Waals surface area contributed by atoms with Crippen LogP contribution in [0.5, 0.6) is 0 Å². The number of nitrogens with zero attached hydrogens (tertiary/aromatic N) is 3. The molecule has 1 aromatic heterocycles. The van der Waals surface area contributed by atoms with E-state index in [2.05, 4.69) is 36.1 Å². The van der Waals surface area contributed by atoms with Crippen molar-refractivity contribution in [2.75, 3.05) is 0 Å². The lowest BCUT2D eigenvalue weighted by atomic mass is 9.71. The van der Waals surface area contributed by atoms with Crippen LogP contribution in [-0.2, 0) is 17.8 Å². The summed E-state index contributed by atoms with van der Waals surface area (Å²) in [5.74, 6) is 0.0548. The van der Waals surface area contributed by atoms with Gasteiger partial charge in [-0.3, -0.25) is 9.59 Å². The second-order valence-electron chi connectivity index (χ2n) is 11.2. The number of carbonyl (C=O) groups excluding carboxylic acids is 2. The molecule has 4 rings (SSSR count). The van der Waals surface area contributed by atoms with E-state index >= 15 is 0 Å². The Balaban J connectivity index is 1.55. The third-order valence-electron chi connectivity index (χ3n) is 7.62. The molecule has 2 amide bonds. The van der Waals surface area contributed by atoms with Gasteiger partial charge in [0, 0.05) is 27.9 Å². The van der Waals surface area contributed by atoms with Crippen molar-refractivity contribution in [1.29, 1.82) is 0 Å². The van der Waals surface area contributed by atoms with Gasteiger partial charge in [-0.05, 0) is 89.2 Å². The van der Waals surface area contributed by atoms with Crippen LogP contribution in [0.1, 0.15) is 67.9 Å². The summed E-state index contributed by atoms with van der Waals surface area (Å²) in [5.41, 5.74) is 13.4. The Bertz CT molecular complexity index is 1380. The van der Waals surface area contributed by atoms with Crippen molar-refractivity contribution in [1.82, 2.24) is 4.90 Å². The Morgan fingerprint density at radius 2 is 1.79 bits per heavy atom. The van der Waals surface area contributed by atoms with Crippen LogP contribution in [0.25, 0.3) is 10.1 Å². The molecule has 0 atom stereocenters. The zero-order valence-corrected chi connectivity index (χ0v) is 24.3. The minimum Gasteiger partial charge on any atom is -0.390 e. The first-order valence-electron chi connectivity index (χ1n) is 13.2. The number of benzene rings is 2. The van der Waals surface area contributed by atoms with Crippen molar-refractivity contribution in [3.63, 3.8) is 0 Å². The molecule has 1 heterocycles. The maximum absolute atomic E-state index is 13.9. The number of hydrogen-bond donors (Lipinski definition) is 2. The van der Waals surface area contributed by atoms with Crippen LogP contribution in [0.2, 0.25) is 5.02 Å². The average molecular weight is 566 g/mol. The third-order valence-corrected chi connectivity index (χ3v) is 8.86. The topological polar surface area (TPSA) is 114 Å². The van der Waals surface area contributed by atoms with E-state index in [1.807, 2.05) is 35.2 Å². The number of carbonyl (C=O) groups is 2. The number of hydrogen-bond acceptors (Lipinski definition) is 3. The SMILES string of the molecule is CC(C)(C)C1CCC(N(Cc2ccc(C(=O)N=C(N)/N=C\N)cc2)C(=O)Cc2csc3ccc(Cl)cc23)CC1. The van der Waals surface area contributed by atoms with Gasteiger partial charge in [-0.25, -0.2) is 4.99 Å². The number of nitrogens with two attached hydrogens (primary N) is 2. The van der Waals surface area contributed by atoms with Crippen molar-refractivity contribution in [3.05, 3.63) is 69.6 Å². The lowest BCUT2D eigenvalue weighted by Crippen LogP contribution is -2.43. The second kappa shape index (κ2) is 12.3. The third kappa shape index (κ3) is 7.25. The number of rotatable bonds is 6. The van der Waals surface area contributed by atoms with Gasteiger partial charge >= 0.3 is 0 Å². The highest BCUT2D eigenvalue weighted by molar-refractivity contribution is 7.17. The highest BCUT2D eigenvalue weighted by Gasteiger charge is 2.33. The first-order chi connectivity index (χ1) is 18.5. The van der Waals surface area contributed by atoms with E-state index in [1.165, 1.54) is 0 Å². The average Bonchev–Trinajstić information content (AvgIpc) is 3.28. The number of thiophene rings is 1. The van der Waals surface area contributed by atoms with Crippen molar-refractivity contribution < 1.29 is 9.59 Å². The largest absolute Gasteiger partial charge is 0.390 e. The molecule has 0 unspecified atom stereocenters. The summed E-state index contributed by atoms with van der Waals surface area (Å²) in [6.07, 6.45) is 5.49. The zero-order chi connectivity index (χ0) is 28.2. The number of halogens is 1. The second-order valence-corrected chi connectivity index (χ2v) is 12.6. The number of amides is 2. The summed E-state index contributed by atoms with van der Waals surface area (Å²) in [7, 11) is 0. The summed E-state index contributed by atoms with van der Waals surface area (Å²) in [6, 6.07) is 13.1. The van der Waals surface area contributed by atoms with Crippen LogP contribution in [0.3, 0.4) is 0 Å². The fraction of sp³-hybridized carbons (Fsp3) is 0.400. The molecule has 206 valence electrons. The molecule has 0 spiro atoms. The summed E-state index contributed by atoms with van der Waals surface area (Å²) >= 11 is 7.90. The maximum atomic E-state index is 13.9. The molecule has 39 heavy (non-hydrogen) atoms. The zero-order valence-electron chi connectivity index (χ0n) is 22.7. The molecule has 4 N–H and O–H groups in total. The van der Waals surface area contributed by atoms with Gasteiger partial charge in [0.15, 0.2) is 0 Å². The fourth-order valence-electron chi connectivity index (χ4n) is 5.35. The Morgan fingerprint density at radius 1 is 1.10 bits per heavy atom. The molecule has 9 heteroatoms. The van der Waals surface area contributed by atoms with E-state index in [4.69, 9.17) is 23.1 Å². The monoisotopic (exact) mass is 565 g/mol. The predicted molar refractivity (Wildman–Crippen MR) is 161 cm³/mol. The summed E-state index contributed by atoms with van der Waals surface area (Å²) < 4.78 is 1.13. The fourth-order valence-corrected chi connectivity index (χ4v) is 6.47. The number of guanidine groups is 1. The molecule has 1 fully saturated rings. The molecule has 2 aromatic carbocycles. The summed E-state index contributed by atoms with van der Waals surface area (Å²) in [5, 5.41) is 3.77. The molecule has 0 saturated heterocycles. The number of aliphatic imine (C=N–C) groups is 2. The van der Waals surface area contributed by atoms with Crippen LogP contribution in [0, 0.1) is 11.3 Å². The van der Waals surface area contributed by atoms with E-state index in [1.54, 1.807) is 23.5 Å². The quantitative estimate of drug-likeness (QED) is 0.274. The molecule has 1 saturated carbocycles. The Morgan fingerprint density at radius 3 is 2.44 bits per heavy atom. The molecular formula is C30H36ClN5O2S. The van der Waals surface area contributed by atoms with Gasteiger partial charge < -0.3 is 16.4 Å². The molecule has 0 radical (unpaired) electrons. The van der Waals surface area contributed by atoms with Crippen molar-refractivity contribution in [2.24, 2.45) is 32.8 Å². The Hall–Kier alpha value is -3.23. The normalized spacial score (nSPS) is 18.5. The van der Waals surface area contributed by atoms with Crippen molar-refractivity contribution in [3.8, 4) is 0 Å². The van der Waals surface area contributed by atoms with E-state index in [9.17, 15) is 9.59 Å². The Kier molecular flexibility index (Phi) is 9.08. The highest BCUT2D eigenvalue weighted by Crippen LogP contribution is 2.39.